The number of nitrogens with one attached hydrogen (secondary N) is 1. The lowest BCUT2D eigenvalue weighted by Gasteiger charge is -2.29. The zero-order valence-electron chi connectivity index (χ0n) is 11.0. The summed E-state index contributed by atoms with van der Waals surface area (Å²) in [5, 5.41) is 30.0. The van der Waals surface area contributed by atoms with Gasteiger partial charge in [-0.05, 0) is 19.1 Å². The molecule has 0 spiro atoms. The van der Waals surface area contributed by atoms with Crippen LogP contribution in [0.2, 0.25) is 0 Å². The van der Waals surface area contributed by atoms with Crippen LogP contribution in [0, 0.1) is 6.92 Å². The van der Waals surface area contributed by atoms with Crippen LogP contribution in [-0.4, -0.2) is 53.7 Å². The van der Waals surface area contributed by atoms with Gasteiger partial charge in [-0.25, -0.2) is 0 Å². The second-order valence-corrected chi connectivity index (χ2v) is 4.41. The van der Waals surface area contributed by atoms with Crippen LogP contribution in [0.5, 0.6) is 5.75 Å². The molecule has 0 saturated heterocycles. The summed E-state index contributed by atoms with van der Waals surface area (Å²) in [4.78, 5) is 12.1. The molecule has 0 aliphatic heterocycles. The average Bonchev–Trinajstić information content (AvgIpc) is 2.44. The van der Waals surface area contributed by atoms with Gasteiger partial charge in [-0.15, -0.1) is 0 Å². The Morgan fingerprint density at radius 1 is 1.26 bits per heavy atom. The number of carbonyl (C=O) groups is 1. The van der Waals surface area contributed by atoms with Gasteiger partial charge < -0.3 is 25.4 Å². The van der Waals surface area contributed by atoms with Crippen LogP contribution in [0.4, 0.5) is 0 Å². The minimum atomic E-state index is -1.45. The summed E-state index contributed by atoms with van der Waals surface area (Å²) in [6.45, 7) is 0.118. The Bertz CT molecular complexity index is 434. The minimum Gasteiger partial charge on any atom is -0.496 e. The molecule has 0 fully saturated rings. The number of aryl methyl sites for hydroxylation is 1. The van der Waals surface area contributed by atoms with Crippen LogP contribution in [0.3, 0.4) is 0 Å². The van der Waals surface area contributed by atoms with Crippen LogP contribution in [-0.2, 0) is 0 Å². The Labute approximate surface area is 111 Å². The predicted molar refractivity (Wildman–Crippen MR) is 69.2 cm³/mol. The molecule has 19 heavy (non-hydrogen) atoms. The molecular weight excluding hydrogens is 250 g/mol. The van der Waals surface area contributed by atoms with E-state index in [4.69, 9.17) is 4.74 Å². The fourth-order valence-electron chi connectivity index (χ4n) is 1.58. The summed E-state index contributed by atoms with van der Waals surface area (Å²) < 4.78 is 5.09. The van der Waals surface area contributed by atoms with Crippen molar-refractivity contribution >= 4 is 5.91 Å². The summed E-state index contributed by atoms with van der Waals surface area (Å²) >= 11 is 0. The lowest BCUT2D eigenvalue weighted by atomic mass is 10.0. The molecule has 0 aromatic heterocycles. The van der Waals surface area contributed by atoms with E-state index in [-0.39, 0.29) is 5.56 Å². The number of amides is 1. The molecule has 4 N–H and O–H groups in total. The van der Waals surface area contributed by atoms with Gasteiger partial charge in [0.05, 0.1) is 32.5 Å². The first kappa shape index (κ1) is 15.4. The quantitative estimate of drug-likeness (QED) is 0.555. The third-order valence-corrected chi connectivity index (χ3v) is 2.89. The summed E-state index contributed by atoms with van der Waals surface area (Å²) in [7, 11) is 1.44. The molecule has 6 heteroatoms. The molecule has 1 aromatic rings. The summed E-state index contributed by atoms with van der Waals surface area (Å²) in [5.41, 5.74) is -0.304. The predicted octanol–water partition coefficient (Wildman–Crippen LogP) is -0.551. The van der Waals surface area contributed by atoms with Crippen LogP contribution in [0.15, 0.2) is 18.2 Å². The molecule has 0 saturated carbocycles. The van der Waals surface area contributed by atoms with Crippen LogP contribution >= 0.6 is 0 Å². The first-order valence-corrected chi connectivity index (χ1v) is 5.81. The topological polar surface area (TPSA) is 99.0 Å². The number of ether oxygens (including phenoxy) is 1. The molecule has 1 aromatic carbocycles. The van der Waals surface area contributed by atoms with Crippen molar-refractivity contribution in [2.45, 2.75) is 12.5 Å². The number of methoxy groups -OCH3 is 1. The van der Waals surface area contributed by atoms with Crippen molar-refractivity contribution in [1.82, 2.24) is 5.32 Å². The molecular formula is C13H19NO5. The third kappa shape index (κ3) is 3.44. The Morgan fingerprint density at radius 2 is 1.84 bits per heavy atom. The summed E-state index contributed by atoms with van der Waals surface area (Å²) in [5.74, 6) is -0.150. The molecule has 0 aliphatic rings. The van der Waals surface area contributed by atoms with Crippen molar-refractivity contribution in [1.29, 1.82) is 0 Å². The van der Waals surface area contributed by atoms with Crippen molar-refractivity contribution in [2.24, 2.45) is 0 Å². The van der Waals surface area contributed by atoms with Crippen molar-refractivity contribution in [3.63, 3.8) is 0 Å². The molecule has 0 radical (unpaired) electrons. The molecule has 0 atom stereocenters. The number of carbonyl (C=O) groups excluding carboxylic acids is 1. The Kier molecular flexibility index (Phi) is 5.29. The average molecular weight is 269 g/mol. The van der Waals surface area contributed by atoms with E-state index in [0.29, 0.717) is 5.75 Å². The van der Waals surface area contributed by atoms with Gasteiger partial charge in [0.25, 0.3) is 5.91 Å². The van der Waals surface area contributed by atoms with Crippen molar-refractivity contribution in [3.8, 4) is 5.75 Å². The maximum Gasteiger partial charge on any atom is 0.255 e. The molecule has 1 amide bonds. The highest BCUT2D eigenvalue weighted by atomic mass is 16.5. The van der Waals surface area contributed by atoms with Crippen molar-refractivity contribution < 1.29 is 24.9 Å². The van der Waals surface area contributed by atoms with Crippen LogP contribution in [0.25, 0.3) is 0 Å². The van der Waals surface area contributed by atoms with Crippen molar-refractivity contribution in [2.75, 3.05) is 26.9 Å². The van der Waals surface area contributed by atoms with E-state index >= 15 is 0 Å². The zero-order chi connectivity index (χ0) is 14.5. The monoisotopic (exact) mass is 269 g/mol. The molecule has 106 valence electrons. The Morgan fingerprint density at radius 3 is 2.32 bits per heavy atom. The molecule has 0 unspecified atom stereocenters. The second kappa shape index (κ2) is 6.51. The van der Waals surface area contributed by atoms with Gasteiger partial charge >= 0.3 is 0 Å². The van der Waals surface area contributed by atoms with Crippen molar-refractivity contribution in [3.05, 3.63) is 29.3 Å². The van der Waals surface area contributed by atoms with E-state index in [2.05, 4.69) is 5.32 Å². The van der Waals surface area contributed by atoms with Crippen LogP contribution in [0.1, 0.15) is 15.9 Å². The van der Waals surface area contributed by atoms with Gasteiger partial charge in [-0.3, -0.25) is 4.79 Å². The maximum atomic E-state index is 12.1. The minimum absolute atomic E-state index is 0.280. The maximum absolute atomic E-state index is 12.1. The highest BCUT2D eigenvalue weighted by Crippen LogP contribution is 2.20. The van der Waals surface area contributed by atoms with Gasteiger partial charge in [0, 0.05) is 0 Å². The first-order valence-electron chi connectivity index (χ1n) is 5.81. The summed E-state index contributed by atoms with van der Waals surface area (Å²) in [6, 6.07) is 5.08. The molecule has 0 aliphatic carbocycles. The normalized spacial score (nSPS) is 11.2. The molecule has 0 bridgehead atoms. The number of rotatable bonds is 6. The van der Waals surface area contributed by atoms with Crippen LogP contribution < -0.4 is 10.1 Å². The van der Waals surface area contributed by atoms with Gasteiger partial charge in [0.15, 0.2) is 0 Å². The van der Waals surface area contributed by atoms with Gasteiger partial charge in [0.2, 0.25) is 0 Å². The van der Waals surface area contributed by atoms with E-state index < -0.39 is 31.3 Å². The fourth-order valence-corrected chi connectivity index (χ4v) is 1.58. The SMILES string of the molecule is COc1ccc(C)cc1C(=O)NC(CO)(CO)CO. The van der Waals surface area contributed by atoms with Gasteiger partial charge in [-0.2, -0.15) is 0 Å². The number of benzene rings is 1. The molecule has 6 nitrogen and oxygen atoms in total. The van der Waals surface area contributed by atoms with Gasteiger partial charge in [-0.1, -0.05) is 11.6 Å². The molecule has 0 heterocycles. The van der Waals surface area contributed by atoms with E-state index in [1.807, 2.05) is 6.92 Å². The van der Waals surface area contributed by atoms with Gasteiger partial charge in [0.1, 0.15) is 11.3 Å². The number of aliphatic hydroxyl groups is 3. The fraction of sp³-hybridized carbons (Fsp3) is 0.462. The highest BCUT2D eigenvalue weighted by Gasteiger charge is 2.31. The Hall–Kier alpha value is -1.63. The van der Waals surface area contributed by atoms with E-state index in [0.717, 1.165) is 5.56 Å². The summed E-state index contributed by atoms with van der Waals surface area (Å²) in [6.07, 6.45) is 0. The lowest BCUT2D eigenvalue weighted by Crippen LogP contribution is -2.57. The second-order valence-electron chi connectivity index (χ2n) is 4.41. The van der Waals surface area contributed by atoms with E-state index in [9.17, 15) is 20.1 Å². The largest absolute Gasteiger partial charge is 0.496 e. The Balaban J connectivity index is 3.03. The zero-order valence-corrected chi connectivity index (χ0v) is 11.0. The number of aliphatic hydroxyl groups excluding tert-OH is 3. The number of hydrogen-bond acceptors (Lipinski definition) is 5. The standard InChI is InChI=1S/C13H19NO5/c1-9-3-4-11(19-2)10(5-9)12(18)14-13(6-15,7-16)8-17/h3-5,15-17H,6-8H2,1-2H3,(H,14,18). The third-order valence-electron chi connectivity index (χ3n) is 2.89. The molecule has 1 rings (SSSR count). The smallest absolute Gasteiger partial charge is 0.255 e. The number of hydrogen-bond donors (Lipinski definition) is 4. The van der Waals surface area contributed by atoms with E-state index in [1.165, 1.54) is 7.11 Å². The highest BCUT2D eigenvalue weighted by molar-refractivity contribution is 5.97. The lowest BCUT2D eigenvalue weighted by molar-refractivity contribution is 0.0374. The van der Waals surface area contributed by atoms with E-state index in [1.54, 1.807) is 18.2 Å². The first-order chi connectivity index (χ1) is 9.01.